The van der Waals surface area contributed by atoms with Crippen molar-refractivity contribution in [3.63, 3.8) is 0 Å². The summed E-state index contributed by atoms with van der Waals surface area (Å²) >= 11 is 5.21. The molecule has 0 aliphatic rings. The van der Waals surface area contributed by atoms with Gasteiger partial charge in [0.05, 0.1) is 3.79 Å². The Morgan fingerprint density at radius 3 is 2.72 bits per heavy atom. The molecule has 2 nitrogen and oxygen atoms in total. The van der Waals surface area contributed by atoms with E-state index in [1.165, 1.54) is 20.6 Å². The summed E-state index contributed by atoms with van der Waals surface area (Å²) in [6.07, 6.45) is 0. The highest BCUT2D eigenvalue weighted by Gasteiger charge is 2.10. The maximum atomic E-state index is 6.02. The van der Waals surface area contributed by atoms with Gasteiger partial charge in [0.15, 0.2) is 0 Å². The molecule has 0 spiro atoms. The summed E-state index contributed by atoms with van der Waals surface area (Å²) in [5.41, 5.74) is 9.72. The van der Waals surface area contributed by atoms with E-state index < -0.39 is 0 Å². The molecule has 0 bridgehead atoms. The minimum Gasteiger partial charge on any atom is -0.370 e. The monoisotopic (exact) mass is 324 g/mol. The summed E-state index contributed by atoms with van der Waals surface area (Å²) in [7, 11) is 2.10. The normalized spacial score (nSPS) is 12.4. The molecule has 0 unspecified atom stereocenters. The van der Waals surface area contributed by atoms with E-state index in [1.54, 1.807) is 11.3 Å². The van der Waals surface area contributed by atoms with Crippen molar-refractivity contribution in [2.75, 3.05) is 11.9 Å². The van der Waals surface area contributed by atoms with Gasteiger partial charge in [-0.3, -0.25) is 0 Å². The second kappa shape index (κ2) is 5.87. The van der Waals surface area contributed by atoms with Crippen LogP contribution in [-0.2, 0) is 6.54 Å². The van der Waals surface area contributed by atoms with Crippen LogP contribution in [0.1, 0.15) is 24.1 Å². The number of hydrogen-bond donors (Lipinski definition) is 1. The molecule has 4 heteroatoms. The van der Waals surface area contributed by atoms with Gasteiger partial charge in [0.25, 0.3) is 0 Å². The third-order valence-electron chi connectivity index (χ3n) is 2.88. The van der Waals surface area contributed by atoms with Gasteiger partial charge in [0, 0.05) is 25.3 Å². The summed E-state index contributed by atoms with van der Waals surface area (Å²) in [4.78, 5) is 2.24. The van der Waals surface area contributed by atoms with E-state index in [2.05, 4.69) is 57.5 Å². The van der Waals surface area contributed by atoms with Gasteiger partial charge in [0.2, 0.25) is 0 Å². The van der Waals surface area contributed by atoms with Gasteiger partial charge in [-0.1, -0.05) is 18.2 Å². The first-order valence-electron chi connectivity index (χ1n) is 5.86. The fourth-order valence-corrected chi connectivity index (χ4v) is 3.21. The number of benzene rings is 1. The smallest absolute Gasteiger partial charge is 0.0701 e. The zero-order chi connectivity index (χ0) is 13.1. The zero-order valence-electron chi connectivity index (χ0n) is 10.6. The molecule has 1 heterocycles. The maximum absolute atomic E-state index is 6.02. The molecule has 0 saturated heterocycles. The lowest BCUT2D eigenvalue weighted by Gasteiger charge is -2.23. The minimum absolute atomic E-state index is 0.0536. The third kappa shape index (κ3) is 3.13. The molecule has 2 aromatic rings. The Morgan fingerprint density at radius 1 is 1.39 bits per heavy atom. The van der Waals surface area contributed by atoms with Crippen LogP contribution in [0.3, 0.4) is 0 Å². The van der Waals surface area contributed by atoms with Gasteiger partial charge in [-0.05, 0) is 51.5 Å². The number of rotatable bonds is 4. The summed E-state index contributed by atoms with van der Waals surface area (Å²) in [6.45, 7) is 2.92. The molecular formula is C14H17BrN2S. The molecule has 2 N–H and O–H groups in total. The summed E-state index contributed by atoms with van der Waals surface area (Å²) in [5, 5.41) is 2.18. The van der Waals surface area contributed by atoms with Crippen molar-refractivity contribution in [2.45, 2.75) is 19.5 Å². The van der Waals surface area contributed by atoms with Crippen LogP contribution in [0.15, 0.2) is 39.5 Å². The van der Waals surface area contributed by atoms with Crippen LogP contribution in [0.4, 0.5) is 5.69 Å². The third-order valence-corrected chi connectivity index (χ3v) is 4.43. The fraction of sp³-hybridized carbons (Fsp3) is 0.286. The van der Waals surface area contributed by atoms with Gasteiger partial charge in [-0.25, -0.2) is 0 Å². The SMILES string of the molecule is C[C@H](N)c1ccccc1N(C)Cc1csc(Br)c1. The zero-order valence-corrected chi connectivity index (χ0v) is 13.0. The predicted octanol–water partition coefficient (Wildman–Crippen LogP) is 4.17. The van der Waals surface area contributed by atoms with Gasteiger partial charge in [-0.2, -0.15) is 0 Å². The minimum atomic E-state index is 0.0536. The van der Waals surface area contributed by atoms with Crippen molar-refractivity contribution in [1.29, 1.82) is 0 Å². The van der Waals surface area contributed by atoms with Crippen LogP contribution in [-0.4, -0.2) is 7.05 Å². The van der Waals surface area contributed by atoms with Crippen LogP contribution in [0.25, 0.3) is 0 Å². The summed E-state index contributed by atoms with van der Waals surface area (Å²) < 4.78 is 1.17. The molecule has 1 atom stereocenters. The molecule has 0 amide bonds. The number of anilines is 1. The first kappa shape index (κ1) is 13.6. The molecule has 18 heavy (non-hydrogen) atoms. The fourth-order valence-electron chi connectivity index (χ4n) is 2.01. The van der Waals surface area contributed by atoms with E-state index in [9.17, 15) is 0 Å². The molecule has 0 fully saturated rings. The summed E-state index contributed by atoms with van der Waals surface area (Å²) in [6, 6.07) is 10.5. The Hall–Kier alpha value is -0.840. The number of hydrogen-bond acceptors (Lipinski definition) is 3. The molecule has 0 saturated carbocycles. The topological polar surface area (TPSA) is 29.3 Å². The van der Waals surface area contributed by atoms with E-state index in [1.807, 2.05) is 13.0 Å². The van der Waals surface area contributed by atoms with Crippen LogP contribution >= 0.6 is 27.3 Å². The molecule has 0 radical (unpaired) electrons. The van der Waals surface area contributed by atoms with Crippen molar-refractivity contribution in [1.82, 2.24) is 0 Å². The van der Waals surface area contributed by atoms with E-state index in [4.69, 9.17) is 5.73 Å². The number of nitrogens with two attached hydrogens (primary N) is 1. The van der Waals surface area contributed by atoms with Gasteiger partial charge in [0.1, 0.15) is 0 Å². The van der Waals surface area contributed by atoms with E-state index in [0.29, 0.717) is 0 Å². The Balaban J connectivity index is 2.20. The lowest BCUT2D eigenvalue weighted by Crippen LogP contribution is -2.19. The standard InChI is InChI=1S/C14H17BrN2S/c1-10(16)12-5-3-4-6-13(12)17(2)8-11-7-14(15)18-9-11/h3-7,9-10H,8,16H2,1-2H3/t10-/m0/s1. The number of thiophene rings is 1. The second-order valence-electron chi connectivity index (χ2n) is 4.46. The van der Waals surface area contributed by atoms with Crippen LogP contribution in [0.2, 0.25) is 0 Å². The lowest BCUT2D eigenvalue weighted by atomic mass is 10.1. The van der Waals surface area contributed by atoms with Gasteiger partial charge in [-0.15, -0.1) is 11.3 Å². The number of nitrogens with zero attached hydrogens (tertiary/aromatic N) is 1. The summed E-state index contributed by atoms with van der Waals surface area (Å²) in [5.74, 6) is 0. The molecule has 1 aromatic carbocycles. The average molecular weight is 325 g/mol. The molecule has 2 rings (SSSR count). The van der Waals surface area contributed by atoms with E-state index in [-0.39, 0.29) is 6.04 Å². The van der Waals surface area contributed by atoms with E-state index in [0.717, 1.165) is 6.54 Å². The van der Waals surface area contributed by atoms with Crippen molar-refractivity contribution in [3.8, 4) is 0 Å². The van der Waals surface area contributed by atoms with Crippen LogP contribution in [0.5, 0.6) is 0 Å². The van der Waals surface area contributed by atoms with Crippen molar-refractivity contribution in [3.05, 3.63) is 50.6 Å². The molecule has 96 valence electrons. The molecule has 1 aromatic heterocycles. The first-order chi connectivity index (χ1) is 8.58. The van der Waals surface area contributed by atoms with Crippen LogP contribution in [0, 0.1) is 0 Å². The highest BCUT2D eigenvalue weighted by molar-refractivity contribution is 9.11. The maximum Gasteiger partial charge on any atom is 0.0701 e. The lowest BCUT2D eigenvalue weighted by molar-refractivity contribution is 0.801. The van der Waals surface area contributed by atoms with Crippen LogP contribution < -0.4 is 10.6 Å². The van der Waals surface area contributed by atoms with Crippen molar-refractivity contribution >= 4 is 33.0 Å². The Bertz CT molecular complexity index is 522. The average Bonchev–Trinajstić information content (AvgIpc) is 2.74. The van der Waals surface area contributed by atoms with Crippen molar-refractivity contribution in [2.24, 2.45) is 5.73 Å². The van der Waals surface area contributed by atoms with Crippen molar-refractivity contribution < 1.29 is 0 Å². The van der Waals surface area contributed by atoms with E-state index >= 15 is 0 Å². The Morgan fingerprint density at radius 2 is 2.11 bits per heavy atom. The number of para-hydroxylation sites is 1. The largest absolute Gasteiger partial charge is 0.370 e. The van der Waals surface area contributed by atoms with Gasteiger partial charge >= 0.3 is 0 Å². The molecular weight excluding hydrogens is 308 g/mol. The Labute approximate surface area is 121 Å². The first-order valence-corrected chi connectivity index (χ1v) is 7.53. The second-order valence-corrected chi connectivity index (χ2v) is 6.75. The molecule has 0 aliphatic carbocycles. The number of halogens is 1. The predicted molar refractivity (Wildman–Crippen MR) is 83.2 cm³/mol. The molecule has 0 aliphatic heterocycles. The Kier molecular flexibility index (Phi) is 4.43. The highest BCUT2D eigenvalue weighted by Crippen LogP contribution is 2.27. The highest BCUT2D eigenvalue weighted by atomic mass is 79.9. The quantitative estimate of drug-likeness (QED) is 0.914. The van der Waals surface area contributed by atoms with Gasteiger partial charge < -0.3 is 10.6 Å².